The molecule has 22 heavy (non-hydrogen) atoms. The number of carboxylic acids is 1. The Morgan fingerprint density at radius 1 is 1.45 bits per heavy atom. The Balaban J connectivity index is 1.72. The van der Waals surface area contributed by atoms with Crippen molar-refractivity contribution in [2.45, 2.75) is 18.9 Å². The second-order valence-electron chi connectivity index (χ2n) is 4.91. The molecule has 1 aromatic heterocycles. The Morgan fingerprint density at radius 3 is 2.95 bits per heavy atom. The van der Waals surface area contributed by atoms with Crippen LogP contribution in [0, 0.1) is 0 Å². The summed E-state index contributed by atoms with van der Waals surface area (Å²) in [7, 11) is 0. The summed E-state index contributed by atoms with van der Waals surface area (Å²) in [5, 5.41) is 13.3. The normalized spacial score (nSPS) is 18.0. The number of aliphatic carboxylic acids is 1. The minimum Gasteiger partial charge on any atom is -0.481 e. The molecule has 1 atom stereocenters. The van der Waals surface area contributed by atoms with Crippen molar-refractivity contribution in [3.8, 4) is 0 Å². The lowest BCUT2D eigenvalue weighted by molar-refractivity contribution is -0.147. The molecule has 1 aromatic rings. The number of nitrogens with one attached hydrogen (secondary N) is 1. The molecule has 1 fully saturated rings. The Labute approximate surface area is 131 Å². The van der Waals surface area contributed by atoms with Crippen molar-refractivity contribution in [3.05, 3.63) is 22.4 Å². The molecule has 0 radical (unpaired) electrons. The maximum Gasteiger partial charge on any atom is 0.306 e. The molecule has 8 heteroatoms. The molecule has 120 valence electrons. The summed E-state index contributed by atoms with van der Waals surface area (Å²) in [6.45, 7) is 1.33. The Morgan fingerprint density at radius 2 is 2.27 bits per heavy atom. The van der Waals surface area contributed by atoms with Crippen LogP contribution in [0.5, 0.6) is 0 Å². The molecule has 2 amide bonds. The van der Waals surface area contributed by atoms with Gasteiger partial charge in [0.1, 0.15) is 0 Å². The first kappa shape index (κ1) is 16.4. The third-order valence-corrected chi connectivity index (χ3v) is 4.13. The third kappa shape index (κ3) is 4.81. The van der Waals surface area contributed by atoms with Crippen molar-refractivity contribution < 1.29 is 24.2 Å². The zero-order chi connectivity index (χ0) is 15.9. The molecule has 1 aliphatic rings. The highest BCUT2D eigenvalue weighted by Gasteiger charge is 2.25. The second-order valence-corrected chi connectivity index (χ2v) is 5.86. The summed E-state index contributed by atoms with van der Waals surface area (Å²) in [6, 6.07) is 3.52. The van der Waals surface area contributed by atoms with Crippen LogP contribution >= 0.6 is 11.3 Å². The van der Waals surface area contributed by atoms with E-state index in [4.69, 9.17) is 9.84 Å². The standard InChI is InChI=1S/C14H18N2O5S/c17-12(3-4-15-14(20)11-2-1-7-22-11)16-5-6-21-10(9-16)8-13(18)19/h1-2,7,10H,3-6,8-9H2,(H,15,20)(H,18,19). The van der Waals surface area contributed by atoms with Crippen LogP contribution in [0.4, 0.5) is 0 Å². The molecule has 1 unspecified atom stereocenters. The van der Waals surface area contributed by atoms with Crippen molar-refractivity contribution >= 4 is 29.1 Å². The van der Waals surface area contributed by atoms with Gasteiger partial charge in [-0.25, -0.2) is 0 Å². The van der Waals surface area contributed by atoms with Gasteiger partial charge >= 0.3 is 5.97 Å². The van der Waals surface area contributed by atoms with Gasteiger partial charge in [-0.15, -0.1) is 11.3 Å². The van der Waals surface area contributed by atoms with Crippen LogP contribution in [0.3, 0.4) is 0 Å². The van der Waals surface area contributed by atoms with Crippen molar-refractivity contribution in [2.75, 3.05) is 26.2 Å². The van der Waals surface area contributed by atoms with Crippen LogP contribution in [0.15, 0.2) is 17.5 Å². The zero-order valence-corrected chi connectivity index (χ0v) is 12.8. The molecular weight excluding hydrogens is 308 g/mol. The molecule has 2 rings (SSSR count). The first-order chi connectivity index (χ1) is 10.6. The van der Waals surface area contributed by atoms with Crippen LogP contribution in [-0.4, -0.2) is 60.1 Å². The fraction of sp³-hybridized carbons (Fsp3) is 0.500. The number of rotatable bonds is 6. The number of nitrogens with zero attached hydrogens (tertiary/aromatic N) is 1. The maximum atomic E-state index is 12.1. The van der Waals surface area contributed by atoms with Gasteiger partial charge in [0, 0.05) is 26.1 Å². The predicted molar refractivity (Wildman–Crippen MR) is 79.8 cm³/mol. The van der Waals surface area contributed by atoms with Crippen molar-refractivity contribution in [1.29, 1.82) is 0 Å². The first-order valence-corrected chi connectivity index (χ1v) is 7.87. The van der Waals surface area contributed by atoms with Crippen LogP contribution in [0.2, 0.25) is 0 Å². The van der Waals surface area contributed by atoms with Gasteiger partial charge in [0.15, 0.2) is 0 Å². The summed E-state index contributed by atoms with van der Waals surface area (Å²) < 4.78 is 5.32. The lowest BCUT2D eigenvalue weighted by atomic mass is 10.2. The highest BCUT2D eigenvalue weighted by atomic mass is 32.1. The minimum atomic E-state index is -0.942. The van der Waals surface area contributed by atoms with Crippen molar-refractivity contribution in [2.24, 2.45) is 0 Å². The van der Waals surface area contributed by atoms with E-state index < -0.39 is 12.1 Å². The number of carbonyl (C=O) groups is 3. The summed E-state index contributed by atoms with van der Waals surface area (Å²) in [5.74, 6) is -1.23. The number of hydrogen-bond acceptors (Lipinski definition) is 5. The van der Waals surface area contributed by atoms with Gasteiger partial charge in [-0.05, 0) is 11.4 Å². The minimum absolute atomic E-state index is 0.106. The Bertz CT molecular complexity index is 531. The lowest BCUT2D eigenvalue weighted by Gasteiger charge is -2.32. The van der Waals surface area contributed by atoms with E-state index in [1.807, 2.05) is 5.38 Å². The third-order valence-electron chi connectivity index (χ3n) is 3.26. The average molecular weight is 326 g/mol. The highest BCUT2D eigenvalue weighted by Crippen LogP contribution is 2.10. The van der Waals surface area contributed by atoms with Gasteiger partial charge in [0.25, 0.3) is 5.91 Å². The van der Waals surface area contributed by atoms with Gasteiger partial charge < -0.3 is 20.1 Å². The monoisotopic (exact) mass is 326 g/mol. The SMILES string of the molecule is O=C(O)CC1CN(C(=O)CCNC(=O)c2cccs2)CCO1. The first-order valence-electron chi connectivity index (χ1n) is 6.99. The molecule has 0 saturated carbocycles. The van der Waals surface area contributed by atoms with E-state index in [0.29, 0.717) is 18.0 Å². The zero-order valence-electron chi connectivity index (χ0n) is 12.0. The van der Waals surface area contributed by atoms with E-state index in [1.54, 1.807) is 17.0 Å². The number of ether oxygens (including phenoxy) is 1. The largest absolute Gasteiger partial charge is 0.481 e. The highest BCUT2D eigenvalue weighted by molar-refractivity contribution is 7.12. The fourth-order valence-corrected chi connectivity index (χ4v) is 2.84. The Hall–Kier alpha value is -1.93. The fourth-order valence-electron chi connectivity index (χ4n) is 2.20. The van der Waals surface area contributed by atoms with E-state index in [0.717, 1.165) is 0 Å². The van der Waals surface area contributed by atoms with Gasteiger partial charge in [-0.1, -0.05) is 6.07 Å². The van der Waals surface area contributed by atoms with Crippen LogP contribution in [-0.2, 0) is 14.3 Å². The molecule has 1 aliphatic heterocycles. The van der Waals surface area contributed by atoms with Crippen LogP contribution in [0.25, 0.3) is 0 Å². The summed E-state index contributed by atoms with van der Waals surface area (Å²) in [5.41, 5.74) is 0. The number of thiophene rings is 1. The number of amides is 2. The topological polar surface area (TPSA) is 95.9 Å². The smallest absolute Gasteiger partial charge is 0.306 e. The van der Waals surface area contributed by atoms with Gasteiger partial charge in [-0.2, -0.15) is 0 Å². The molecule has 0 aliphatic carbocycles. The average Bonchev–Trinajstić information content (AvgIpc) is 3.01. The van der Waals surface area contributed by atoms with E-state index >= 15 is 0 Å². The molecule has 1 saturated heterocycles. The van der Waals surface area contributed by atoms with Gasteiger partial charge in [0.05, 0.1) is 24.0 Å². The number of hydrogen-bond donors (Lipinski definition) is 2. The van der Waals surface area contributed by atoms with E-state index in [2.05, 4.69) is 5.32 Å². The Kier molecular flexibility index (Phi) is 5.91. The van der Waals surface area contributed by atoms with E-state index in [-0.39, 0.29) is 37.7 Å². The van der Waals surface area contributed by atoms with Crippen LogP contribution in [0.1, 0.15) is 22.5 Å². The summed E-state index contributed by atoms with van der Waals surface area (Å²) >= 11 is 1.34. The lowest BCUT2D eigenvalue weighted by Crippen LogP contribution is -2.47. The molecule has 2 heterocycles. The van der Waals surface area contributed by atoms with E-state index in [1.165, 1.54) is 11.3 Å². The van der Waals surface area contributed by atoms with Gasteiger partial charge in [0.2, 0.25) is 5.91 Å². The number of morpholine rings is 1. The molecule has 0 bridgehead atoms. The second kappa shape index (κ2) is 7.90. The molecular formula is C14H18N2O5S. The predicted octanol–water partition coefficient (Wildman–Crippen LogP) is 0.570. The molecule has 7 nitrogen and oxygen atoms in total. The summed E-state index contributed by atoms with van der Waals surface area (Å²) in [4.78, 5) is 36.7. The molecule has 0 aromatic carbocycles. The van der Waals surface area contributed by atoms with E-state index in [9.17, 15) is 14.4 Å². The van der Waals surface area contributed by atoms with Crippen molar-refractivity contribution in [1.82, 2.24) is 10.2 Å². The summed E-state index contributed by atoms with van der Waals surface area (Å²) in [6.07, 6.45) is -0.383. The van der Waals surface area contributed by atoms with Crippen molar-refractivity contribution in [3.63, 3.8) is 0 Å². The van der Waals surface area contributed by atoms with Crippen LogP contribution < -0.4 is 5.32 Å². The maximum absolute atomic E-state index is 12.1. The number of carbonyl (C=O) groups excluding carboxylic acids is 2. The quantitative estimate of drug-likeness (QED) is 0.797. The molecule has 0 spiro atoms. The molecule has 2 N–H and O–H groups in total. The number of carboxylic acid groups (broad SMARTS) is 1. The van der Waals surface area contributed by atoms with Gasteiger partial charge in [-0.3, -0.25) is 14.4 Å².